The molecule has 1 aliphatic rings. The lowest BCUT2D eigenvalue weighted by atomic mass is 10.3. The second-order valence-corrected chi connectivity index (χ2v) is 5.61. The van der Waals surface area contributed by atoms with Crippen LogP contribution in [0.4, 0.5) is 0 Å². The van der Waals surface area contributed by atoms with Crippen LogP contribution in [0.1, 0.15) is 13.3 Å². The summed E-state index contributed by atoms with van der Waals surface area (Å²) < 4.78 is 12.8. The molecular weight excluding hydrogens is 262 g/mol. The zero-order valence-electron chi connectivity index (χ0n) is 11.0. The van der Waals surface area contributed by atoms with Crippen molar-refractivity contribution in [3.63, 3.8) is 0 Å². The highest BCUT2D eigenvalue weighted by Crippen LogP contribution is 2.37. The molecular formula is C13H17N3O2S. The normalized spacial score (nSPS) is 15.1. The van der Waals surface area contributed by atoms with E-state index >= 15 is 0 Å². The third-order valence-electron chi connectivity index (χ3n) is 3.29. The van der Waals surface area contributed by atoms with Crippen LogP contribution in [0.15, 0.2) is 17.3 Å². The Labute approximate surface area is 116 Å². The van der Waals surface area contributed by atoms with Crippen molar-refractivity contribution >= 4 is 22.8 Å². The van der Waals surface area contributed by atoms with Gasteiger partial charge in [0.05, 0.1) is 11.0 Å². The minimum absolute atomic E-state index is 0.210. The number of fused-ring (bicyclic) bond motifs is 2. The van der Waals surface area contributed by atoms with Gasteiger partial charge in [0, 0.05) is 31.0 Å². The van der Waals surface area contributed by atoms with Crippen LogP contribution in [-0.4, -0.2) is 28.1 Å². The molecule has 0 spiro atoms. The van der Waals surface area contributed by atoms with E-state index in [-0.39, 0.29) is 6.04 Å². The number of aromatic nitrogens is 2. The lowest BCUT2D eigenvalue weighted by molar-refractivity contribution is 0.174. The quantitative estimate of drug-likeness (QED) is 0.869. The molecule has 6 heteroatoms. The van der Waals surface area contributed by atoms with Crippen LogP contribution in [0.3, 0.4) is 0 Å². The fraction of sp³-hybridized carbons (Fsp3) is 0.462. The largest absolute Gasteiger partial charge is 0.454 e. The Balaban J connectivity index is 1.92. The van der Waals surface area contributed by atoms with Crippen molar-refractivity contribution in [3.05, 3.63) is 12.1 Å². The summed E-state index contributed by atoms with van der Waals surface area (Å²) in [7, 11) is 2.01. The van der Waals surface area contributed by atoms with E-state index in [1.54, 1.807) is 11.8 Å². The van der Waals surface area contributed by atoms with Gasteiger partial charge in [-0.05, 0) is 6.42 Å². The van der Waals surface area contributed by atoms with Crippen LogP contribution in [0.5, 0.6) is 11.5 Å². The summed E-state index contributed by atoms with van der Waals surface area (Å²) in [5.74, 6) is 2.44. The minimum Gasteiger partial charge on any atom is -0.454 e. The molecule has 2 aromatic rings. The average molecular weight is 279 g/mol. The Hall–Kier alpha value is -1.40. The second kappa shape index (κ2) is 4.94. The van der Waals surface area contributed by atoms with Crippen LogP contribution in [0.2, 0.25) is 0 Å². The zero-order valence-corrected chi connectivity index (χ0v) is 11.9. The Morgan fingerprint density at radius 2 is 2.16 bits per heavy atom. The van der Waals surface area contributed by atoms with Crippen LogP contribution < -0.4 is 15.2 Å². The van der Waals surface area contributed by atoms with Gasteiger partial charge in [0.2, 0.25) is 6.79 Å². The molecule has 1 aromatic carbocycles. The monoisotopic (exact) mass is 279 g/mol. The molecule has 19 heavy (non-hydrogen) atoms. The van der Waals surface area contributed by atoms with Crippen molar-refractivity contribution in [1.82, 2.24) is 9.55 Å². The van der Waals surface area contributed by atoms with Crippen LogP contribution in [0, 0.1) is 0 Å². The molecule has 1 unspecified atom stereocenters. The molecule has 102 valence electrons. The summed E-state index contributed by atoms with van der Waals surface area (Å²) in [6.07, 6.45) is 0.979. The van der Waals surface area contributed by atoms with Gasteiger partial charge in [0.15, 0.2) is 16.7 Å². The number of thioether (sulfide) groups is 1. The first-order valence-electron chi connectivity index (χ1n) is 6.33. The van der Waals surface area contributed by atoms with Crippen molar-refractivity contribution in [2.75, 3.05) is 12.5 Å². The van der Waals surface area contributed by atoms with Crippen molar-refractivity contribution in [2.24, 2.45) is 12.8 Å². The van der Waals surface area contributed by atoms with Crippen LogP contribution >= 0.6 is 11.8 Å². The van der Waals surface area contributed by atoms with E-state index in [0.717, 1.165) is 39.9 Å². The molecule has 0 radical (unpaired) electrons. The minimum atomic E-state index is 0.210. The molecule has 0 amide bonds. The van der Waals surface area contributed by atoms with Crippen molar-refractivity contribution in [1.29, 1.82) is 0 Å². The molecule has 0 fully saturated rings. The zero-order chi connectivity index (χ0) is 13.4. The Kier molecular flexibility index (Phi) is 3.28. The molecule has 1 aromatic heterocycles. The average Bonchev–Trinajstić information content (AvgIpc) is 2.98. The first-order valence-corrected chi connectivity index (χ1v) is 7.32. The fourth-order valence-corrected chi connectivity index (χ4v) is 3.04. The van der Waals surface area contributed by atoms with E-state index in [2.05, 4.69) is 16.5 Å². The molecule has 1 atom stereocenters. The first kappa shape index (κ1) is 12.6. The fourth-order valence-electron chi connectivity index (χ4n) is 1.99. The number of hydrogen-bond donors (Lipinski definition) is 1. The highest BCUT2D eigenvalue weighted by atomic mass is 32.2. The van der Waals surface area contributed by atoms with Crippen molar-refractivity contribution in [3.8, 4) is 11.5 Å². The number of benzene rings is 1. The Bertz CT molecular complexity index is 611. The van der Waals surface area contributed by atoms with E-state index < -0.39 is 0 Å². The molecule has 0 bridgehead atoms. The Morgan fingerprint density at radius 3 is 2.89 bits per heavy atom. The standard InChI is InChI=1S/C13H17N3O2S/c1-3-8(14)6-19-13-15-9-4-11-12(18-7-17-11)5-10(9)16(13)2/h4-5,8H,3,6-7,14H2,1-2H3. The highest BCUT2D eigenvalue weighted by Gasteiger charge is 2.18. The third-order valence-corrected chi connectivity index (χ3v) is 4.50. The van der Waals surface area contributed by atoms with E-state index in [1.165, 1.54) is 0 Å². The molecule has 3 rings (SSSR count). The smallest absolute Gasteiger partial charge is 0.231 e. The summed E-state index contributed by atoms with van der Waals surface area (Å²) in [5, 5.41) is 0.975. The molecule has 0 saturated heterocycles. The number of rotatable bonds is 4. The number of ether oxygens (including phenoxy) is 2. The summed E-state index contributed by atoms with van der Waals surface area (Å²) >= 11 is 1.69. The number of nitrogens with two attached hydrogens (primary N) is 1. The molecule has 0 aliphatic carbocycles. The SMILES string of the molecule is CCC(N)CSc1nc2cc3c(cc2n1C)OCO3. The van der Waals surface area contributed by atoms with Gasteiger partial charge in [-0.2, -0.15) is 0 Å². The van der Waals surface area contributed by atoms with Gasteiger partial charge in [-0.25, -0.2) is 4.98 Å². The van der Waals surface area contributed by atoms with Gasteiger partial charge in [-0.3, -0.25) is 0 Å². The maximum Gasteiger partial charge on any atom is 0.231 e. The summed E-state index contributed by atoms with van der Waals surface area (Å²) in [6, 6.07) is 4.12. The molecule has 2 heterocycles. The van der Waals surface area contributed by atoms with Crippen molar-refractivity contribution in [2.45, 2.75) is 24.5 Å². The first-order chi connectivity index (χ1) is 9.19. The second-order valence-electron chi connectivity index (χ2n) is 4.63. The number of hydrogen-bond acceptors (Lipinski definition) is 5. The van der Waals surface area contributed by atoms with Gasteiger partial charge in [-0.1, -0.05) is 18.7 Å². The maximum absolute atomic E-state index is 5.95. The molecule has 1 aliphatic heterocycles. The van der Waals surface area contributed by atoms with Crippen LogP contribution in [-0.2, 0) is 7.05 Å². The topological polar surface area (TPSA) is 62.3 Å². The molecule has 5 nitrogen and oxygen atoms in total. The van der Waals surface area contributed by atoms with Gasteiger partial charge in [-0.15, -0.1) is 0 Å². The predicted molar refractivity (Wildman–Crippen MR) is 75.8 cm³/mol. The predicted octanol–water partition coefficient (Wildman–Crippen LogP) is 2.13. The number of aryl methyl sites for hydroxylation is 1. The number of nitrogens with zero attached hydrogens (tertiary/aromatic N) is 2. The lowest BCUT2D eigenvalue weighted by Crippen LogP contribution is -2.21. The summed E-state index contributed by atoms with van der Waals surface area (Å²) in [4.78, 5) is 4.63. The van der Waals surface area contributed by atoms with E-state index in [4.69, 9.17) is 15.2 Å². The van der Waals surface area contributed by atoms with Crippen LogP contribution in [0.25, 0.3) is 11.0 Å². The molecule has 2 N–H and O–H groups in total. The van der Waals surface area contributed by atoms with E-state index in [0.29, 0.717) is 6.79 Å². The molecule has 0 saturated carbocycles. The summed E-state index contributed by atoms with van der Waals surface area (Å²) in [5.41, 5.74) is 7.93. The van der Waals surface area contributed by atoms with E-state index in [1.807, 2.05) is 19.2 Å². The maximum atomic E-state index is 5.95. The van der Waals surface area contributed by atoms with Gasteiger partial charge in [0.1, 0.15) is 0 Å². The van der Waals surface area contributed by atoms with E-state index in [9.17, 15) is 0 Å². The lowest BCUT2D eigenvalue weighted by Gasteiger charge is -2.07. The Morgan fingerprint density at radius 1 is 1.42 bits per heavy atom. The van der Waals surface area contributed by atoms with Gasteiger partial charge < -0.3 is 19.8 Å². The van der Waals surface area contributed by atoms with Gasteiger partial charge >= 0.3 is 0 Å². The summed E-state index contributed by atoms with van der Waals surface area (Å²) in [6.45, 7) is 2.39. The third kappa shape index (κ3) is 2.26. The number of imidazole rings is 1. The van der Waals surface area contributed by atoms with Gasteiger partial charge in [0.25, 0.3) is 0 Å². The highest BCUT2D eigenvalue weighted by molar-refractivity contribution is 7.99. The van der Waals surface area contributed by atoms with Crippen molar-refractivity contribution < 1.29 is 9.47 Å².